The number of nitrogens with one attached hydrogen (secondary N) is 4. The maximum absolute atomic E-state index is 12.2. The van der Waals surface area contributed by atoms with E-state index in [2.05, 4.69) is 76.4 Å². The number of aryl methyl sites for hydroxylation is 1. The third-order valence-electron chi connectivity index (χ3n) is 15.9. The number of hydrazone groups is 1. The number of aromatic nitrogens is 14. The fourth-order valence-electron chi connectivity index (χ4n) is 10.9. The normalized spacial score (nSPS) is 24.8. The molecule has 2 amide bonds. The number of aliphatic hydroxyl groups is 8. The topological polar surface area (TPSA) is 528 Å². The van der Waals surface area contributed by atoms with E-state index in [0.717, 1.165) is 30.4 Å². The van der Waals surface area contributed by atoms with Crippen LogP contribution in [0.4, 0.5) is 29.4 Å². The number of amides is 2. The number of nitrogens with zero attached hydrogens (tertiary/aromatic N) is 15. The second-order valence-corrected chi connectivity index (χ2v) is 22.2. The Kier molecular flexibility index (Phi) is 20.8. The van der Waals surface area contributed by atoms with Gasteiger partial charge in [-0.2, -0.15) is 40.1 Å². The van der Waals surface area contributed by atoms with E-state index in [4.69, 9.17) is 31.4 Å². The van der Waals surface area contributed by atoms with Gasteiger partial charge in [-0.05, 0) is 62.6 Å². The van der Waals surface area contributed by atoms with Crippen molar-refractivity contribution in [1.82, 2.24) is 79.0 Å². The highest BCUT2D eigenvalue weighted by molar-refractivity contribution is 5.92. The van der Waals surface area contributed by atoms with Gasteiger partial charge in [0.25, 0.3) is 17.8 Å². The van der Waals surface area contributed by atoms with Crippen molar-refractivity contribution in [2.24, 2.45) is 11.0 Å². The molecule has 12 atom stereocenters. The molecule has 0 bridgehead atoms. The van der Waals surface area contributed by atoms with Crippen molar-refractivity contribution in [1.29, 1.82) is 0 Å². The molecule has 1 aliphatic carbocycles. The number of hydrogen-bond acceptors (Lipinski definition) is 30. The lowest BCUT2D eigenvalue weighted by Crippen LogP contribution is -2.42. The van der Waals surface area contributed by atoms with Gasteiger partial charge >= 0.3 is 0 Å². The maximum atomic E-state index is 12.2. The first-order chi connectivity index (χ1) is 44.3. The summed E-state index contributed by atoms with van der Waals surface area (Å²) in [5.74, 6) is 0.647. The van der Waals surface area contributed by atoms with Crippen molar-refractivity contribution >= 4 is 86.7 Å². The van der Waals surface area contributed by atoms with E-state index in [1.807, 2.05) is 30.5 Å². The van der Waals surface area contributed by atoms with Gasteiger partial charge in [-0.1, -0.05) is 43.5 Å². The highest BCUT2D eigenvalue weighted by Gasteiger charge is 2.48. The highest BCUT2D eigenvalue weighted by Crippen LogP contribution is 2.36. The first-order valence-corrected chi connectivity index (χ1v) is 29.7. The molecule has 12 rings (SSSR count). The van der Waals surface area contributed by atoms with Crippen LogP contribution >= 0.6 is 0 Å². The van der Waals surface area contributed by atoms with Crippen molar-refractivity contribution in [2.75, 3.05) is 61.3 Å². The number of ether oxygens (including phenoxy) is 3. The van der Waals surface area contributed by atoms with Gasteiger partial charge in [0.05, 0.1) is 32.2 Å². The lowest BCUT2D eigenvalue weighted by molar-refractivity contribution is -0.137. The first kappa shape index (κ1) is 65.9. The quantitative estimate of drug-likeness (QED) is 0.0305. The third-order valence-corrected chi connectivity index (χ3v) is 15.9. The number of carbonyl (C=O) groups is 3. The van der Waals surface area contributed by atoms with E-state index in [1.54, 1.807) is 13.8 Å². The monoisotopic (exact) mass is 1280 g/mol. The Labute approximate surface area is 522 Å². The summed E-state index contributed by atoms with van der Waals surface area (Å²) in [4.78, 5) is 73.4. The van der Waals surface area contributed by atoms with Crippen LogP contribution < -0.4 is 38.6 Å². The lowest BCUT2D eigenvalue weighted by Gasteiger charge is -2.17. The molecule has 7 aromatic heterocycles. The molecule has 36 heteroatoms. The fraction of sp³-hybridized carbons (Fsp3) is 0.500. The smallest absolute Gasteiger partial charge is 0.271 e. The fourth-order valence-corrected chi connectivity index (χ4v) is 10.9. The number of imidazole rings is 3. The predicted octanol–water partition coefficient (Wildman–Crippen LogP) is -2.10. The molecular formula is C56H74N22O14. The van der Waals surface area contributed by atoms with Crippen LogP contribution in [0.5, 0.6) is 0 Å². The van der Waals surface area contributed by atoms with Crippen molar-refractivity contribution in [3.05, 3.63) is 72.3 Å². The van der Waals surface area contributed by atoms with E-state index in [-0.39, 0.29) is 63.8 Å². The predicted molar refractivity (Wildman–Crippen MR) is 327 cm³/mol. The average molecular weight is 1280 g/mol. The molecule has 1 saturated carbocycles. The Bertz CT molecular complexity index is 3890. The summed E-state index contributed by atoms with van der Waals surface area (Å²) in [7, 11) is 1.49. The molecule has 4 aliphatic rings. The van der Waals surface area contributed by atoms with Gasteiger partial charge in [0.15, 0.2) is 64.9 Å². The summed E-state index contributed by atoms with van der Waals surface area (Å²) < 4.78 is 22.3. The number of anilines is 5. The van der Waals surface area contributed by atoms with E-state index in [0.29, 0.717) is 54.2 Å². The second-order valence-electron chi connectivity index (χ2n) is 22.2. The van der Waals surface area contributed by atoms with E-state index < -0.39 is 92.7 Å². The van der Waals surface area contributed by atoms with Crippen molar-refractivity contribution in [2.45, 2.75) is 139 Å². The number of ketones is 1. The summed E-state index contributed by atoms with van der Waals surface area (Å²) in [5, 5.41) is 96.5. The minimum Gasteiger partial charge on any atom is -0.394 e. The van der Waals surface area contributed by atoms with Crippen molar-refractivity contribution in [3.8, 4) is 5.95 Å². The van der Waals surface area contributed by atoms with Gasteiger partial charge in [-0.25, -0.2) is 25.1 Å². The van der Waals surface area contributed by atoms with Gasteiger partial charge in [0, 0.05) is 39.0 Å². The molecule has 3 unspecified atom stereocenters. The Morgan fingerprint density at radius 3 is 1.70 bits per heavy atom. The van der Waals surface area contributed by atoms with Crippen LogP contribution in [0.15, 0.2) is 60.6 Å². The molecule has 0 spiro atoms. The first-order valence-electron chi connectivity index (χ1n) is 29.7. The molecule has 92 heavy (non-hydrogen) atoms. The lowest BCUT2D eigenvalue weighted by atomic mass is 9.90. The zero-order valence-corrected chi connectivity index (χ0v) is 50.2. The summed E-state index contributed by atoms with van der Waals surface area (Å²) in [5.41, 5.74) is 25.0. The second kappa shape index (κ2) is 29.0. The molecule has 8 aromatic rings. The molecule has 0 radical (unpaired) electrons. The van der Waals surface area contributed by atoms with Crippen LogP contribution in [0.2, 0.25) is 0 Å². The van der Waals surface area contributed by atoms with Crippen molar-refractivity contribution in [3.63, 3.8) is 0 Å². The van der Waals surface area contributed by atoms with E-state index in [9.17, 15) is 55.2 Å². The minimum absolute atomic E-state index is 0.0579. The molecule has 1 aromatic carbocycles. The Morgan fingerprint density at radius 1 is 0.652 bits per heavy atom. The summed E-state index contributed by atoms with van der Waals surface area (Å²) in [6, 6.07) is 9.59. The van der Waals surface area contributed by atoms with Gasteiger partial charge < -0.3 is 93.0 Å². The number of benzene rings is 1. The number of nitrogen functional groups attached to an aromatic ring is 3. The van der Waals surface area contributed by atoms with Crippen LogP contribution in [0.1, 0.15) is 92.7 Å². The summed E-state index contributed by atoms with van der Waals surface area (Å²) >= 11 is 0. The molecule has 10 heterocycles. The summed E-state index contributed by atoms with van der Waals surface area (Å²) in [6.45, 7) is 3.36. The maximum Gasteiger partial charge on any atom is 0.271 e. The highest BCUT2D eigenvalue weighted by atomic mass is 16.6. The Morgan fingerprint density at radius 2 is 1.16 bits per heavy atom. The molecule has 3 saturated heterocycles. The van der Waals surface area contributed by atoms with Crippen LogP contribution in [0, 0.1) is 5.92 Å². The van der Waals surface area contributed by atoms with E-state index >= 15 is 0 Å². The minimum atomic E-state index is -1.41. The van der Waals surface area contributed by atoms with Gasteiger partial charge in [-0.15, -0.1) is 0 Å². The number of Topliss-reactive ketones (excluding diaryl/α,β-unsaturated/α-hetero) is 1. The van der Waals surface area contributed by atoms with Gasteiger partial charge in [0.2, 0.25) is 11.9 Å². The number of hydrogen-bond donors (Lipinski definition) is 15. The van der Waals surface area contributed by atoms with Gasteiger partial charge in [0.1, 0.15) is 71.2 Å². The van der Waals surface area contributed by atoms with E-state index in [1.165, 1.54) is 75.9 Å². The zero-order chi connectivity index (χ0) is 65.5. The number of carbonyl (C=O) groups excluding carboxylic acids is 3. The number of likely N-dealkylation sites (N-methyl/N-ethyl adjacent to an activating group) is 1. The third kappa shape index (κ3) is 14.2. The zero-order valence-electron chi connectivity index (χ0n) is 50.2. The molecule has 3 aliphatic heterocycles. The van der Waals surface area contributed by atoms with Crippen LogP contribution in [-0.4, -0.2) is 221 Å². The van der Waals surface area contributed by atoms with Crippen LogP contribution in [-0.2, 0) is 36.6 Å². The molecular weight excluding hydrogens is 1200 g/mol. The Hall–Kier alpha value is -9.08. The summed E-state index contributed by atoms with van der Waals surface area (Å²) in [6.07, 6.45) is 1.50. The molecule has 36 nitrogen and oxygen atoms in total. The average Bonchev–Trinajstić information content (AvgIpc) is 1.64. The van der Waals surface area contributed by atoms with Crippen molar-refractivity contribution < 1.29 is 69.4 Å². The standard InChI is InChI=1S/C24H31N7O5.C17H25N7O4.C15H18N8O5/c1-3-26-22(35)19-17(33)18(34)23(36-19)31-12-28-16-20(25)29-24(30-21(16)31)27-11-10-15-8-6-14(7-9-15)5-4-13(2)32;18-14-11-15(22-17(21-14)23-20-6-9-4-2-1-3-5-9)24(8-19-11)16-13(27)12(26)10(7-25)28-16;1-17-13(27)6-2-3-23(21-6)15-19-11(16)8-12(20-15)22(5-18-8)14-10(26)9(25)7(4-24)28-14/h6-9,12,17-19,23,33-34H,3-5,10-11H2,1-2H3,(H,26,35)(H3,25,27,29,30);6,8-10,12-13,16,25-27H,1-5,7H2,(H3,18,21,22,23);2-3,5,7,9-10,14,24-26H,4H2,1H3,(H,17,27)(H2,16,19,20)/b;20-6+;/t17-,18?,19+,23-;10-,12+,13?,16-;7-,9+,10?,14-/m111/s1. The number of nitrogens with two attached hydrogens (primary N) is 3. The Balaban J connectivity index is 0.000000153. The molecule has 4 fully saturated rings. The number of rotatable bonds is 19. The largest absolute Gasteiger partial charge is 0.394 e. The van der Waals surface area contributed by atoms with Crippen LogP contribution in [0.25, 0.3) is 39.4 Å². The number of fused-ring (bicyclic) bond motifs is 3. The SMILES string of the molecule is CCNC(=O)[C@H]1O[C@@H](n2cnc3c(N)nc(NCCc4ccc(CCC(C)=O)cc4)nc32)C(O)[C@H]1O.CNC(=O)c1ccn(-c2nc(N)c3ncn([C@@H]4O[C@H](CO)[C@H](O)C4O)c3n2)n1.Nc1nc(N/N=C/C2CCCCC2)nc2c1ncn2[C@@H]1O[C@H](CO)[C@H](O)C1O. The molecule has 18 N–H and O–H groups in total. The van der Waals surface area contributed by atoms with Gasteiger partial charge in [-0.3, -0.25) is 23.3 Å². The molecule has 492 valence electrons. The van der Waals surface area contributed by atoms with Crippen LogP contribution in [0.3, 0.4) is 0 Å². The number of aliphatic hydroxyl groups excluding tert-OH is 8.